The smallest absolute Gasteiger partial charge is 0.325 e. The number of esters is 1. The number of Topliss-reactive ketones (excluding diaryl/α,β-unsaturated/α-hetero) is 1. The lowest BCUT2D eigenvalue weighted by atomic mass is 10.1. The van der Waals surface area contributed by atoms with Crippen molar-refractivity contribution >= 4 is 17.7 Å². The Bertz CT molecular complexity index is 877. The number of fused-ring (bicyclic) bond motifs is 1. The van der Waals surface area contributed by atoms with E-state index in [2.05, 4.69) is 5.32 Å². The van der Waals surface area contributed by atoms with Crippen LogP contribution in [0.4, 0.5) is 0 Å². The molecule has 0 spiro atoms. The van der Waals surface area contributed by atoms with Gasteiger partial charge in [-0.05, 0) is 37.3 Å². The van der Waals surface area contributed by atoms with Crippen LogP contribution in [0.25, 0.3) is 0 Å². The van der Waals surface area contributed by atoms with Gasteiger partial charge >= 0.3 is 5.97 Å². The second-order valence-electron chi connectivity index (χ2n) is 5.99. The normalized spacial score (nSPS) is 12.2. The minimum Gasteiger partial charge on any atom is -0.486 e. The molecule has 1 amide bonds. The fourth-order valence-corrected chi connectivity index (χ4v) is 2.54. The quantitative estimate of drug-likeness (QED) is 0.618. The van der Waals surface area contributed by atoms with Crippen LogP contribution in [0.3, 0.4) is 0 Å². The van der Waals surface area contributed by atoms with Crippen LogP contribution in [0.2, 0.25) is 0 Å². The molecule has 1 heterocycles. The second kappa shape index (κ2) is 8.35. The van der Waals surface area contributed by atoms with Gasteiger partial charge in [-0.2, -0.15) is 0 Å². The van der Waals surface area contributed by atoms with E-state index in [0.29, 0.717) is 35.8 Å². The number of ketones is 1. The number of ether oxygens (including phenoxy) is 3. The molecule has 0 aliphatic carbocycles. The molecule has 0 fully saturated rings. The minimum atomic E-state index is -0.693. The van der Waals surface area contributed by atoms with Crippen LogP contribution in [0.5, 0.6) is 11.5 Å². The monoisotopic (exact) mass is 369 g/mol. The molecule has 0 unspecified atom stereocenters. The summed E-state index contributed by atoms with van der Waals surface area (Å²) in [5.74, 6) is -0.376. The van der Waals surface area contributed by atoms with Gasteiger partial charge in [-0.15, -0.1) is 0 Å². The summed E-state index contributed by atoms with van der Waals surface area (Å²) in [5.41, 5.74) is 1.75. The number of hydrogen-bond donors (Lipinski definition) is 1. The van der Waals surface area contributed by atoms with E-state index in [4.69, 9.17) is 14.2 Å². The van der Waals surface area contributed by atoms with Crippen LogP contribution in [-0.4, -0.2) is 44.0 Å². The summed E-state index contributed by atoms with van der Waals surface area (Å²) >= 11 is 0. The van der Waals surface area contributed by atoms with Crippen molar-refractivity contribution in [1.82, 2.24) is 5.32 Å². The molecule has 0 radical (unpaired) electrons. The summed E-state index contributed by atoms with van der Waals surface area (Å²) in [5, 5.41) is 2.47. The Morgan fingerprint density at radius 2 is 1.78 bits per heavy atom. The predicted octanol–water partition coefficient (Wildman–Crippen LogP) is 1.92. The first-order valence-electron chi connectivity index (χ1n) is 8.46. The molecule has 2 aromatic carbocycles. The first-order chi connectivity index (χ1) is 13.0. The van der Waals surface area contributed by atoms with Crippen molar-refractivity contribution in [2.45, 2.75) is 6.92 Å². The predicted molar refractivity (Wildman–Crippen MR) is 96.2 cm³/mol. The van der Waals surface area contributed by atoms with E-state index in [9.17, 15) is 14.4 Å². The highest BCUT2D eigenvalue weighted by atomic mass is 16.6. The van der Waals surface area contributed by atoms with Crippen molar-refractivity contribution in [3.63, 3.8) is 0 Å². The van der Waals surface area contributed by atoms with Crippen LogP contribution < -0.4 is 14.8 Å². The highest BCUT2D eigenvalue weighted by molar-refractivity contribution is 5.99. The summed E-state index contributed by atoms with van der Waals surface area (Å²) in [6, 6.07) is 11.8. The fraction of sp³-hybridized carbons (Fsp3) is 0.250. The number of carbonyl (C=O) groups excluding carboxylic acids is 3. The molecule has 2 aromatic rings. The van der Waals surface area contributed by atoms with Gasteiger partial charge in [0, 0.05) is 11.1 Å². The van der Waals surface area contributed by atoms with Gasteiger partial charge in [0.25, 0.3) is 5.91 Å². The Labute approximate surface area is 156 Å². The molecule has 1 N–H and O–H groups in total. The van der Waals surface area contributed by atoms with E-state index in [1.165, 1.54) is 0 Å². The van der Waals surface area contributed by atoms with Crippen molar-refractivity contribution < 1.29 is 28.6 Å². The molecular formula is C20H19NO6. The van der Waals surface area contributed by atoms with Crippen molar-refractivity contribution in [2.75, 3.05) is 26.4 Å². The second-order valence-corrected chi connectivity index (χ2v) is 5.99. The number of hydrogen-bond acceptors (Lipinski definition) is 6. The Kier molecular flexibility index (Phi) is 5.71. The average Bonchev–Trinajstić information content (AvgIpc) is 2.69. The van der Waals surface area contributed by atoms with Crippen LogP contribution in [-0.2, 0) is 9.53 Å². The van der Waals surface area contributed by atoms with Crippen LogP contribution in [0.15, 0.2) is 42.5 Å². The molecule has 0 aromatic heterocycles. The molecule has 0 saturated heterocycles. The zero-order valence-corrected chi connectivity index (χ0v) is 14.8. The van der Waals surface area contributed by atoms with Crippen LogP contribution in [0, 0.1) is 6.92 Å². The van der Waals surface area contributed by atoms with E-state index < -0.39 is 12.6 Å². The maximum atomic E-state index is 12.2. The molecule has 1 aliphatic rings. The van der Waals surface area contributed by atoms with Gasteiger partial charge in [-0.1, -0.05) is 17.7 Å². The standard InChI is InChI=1S/C20H19NO6/c1-13-3-2-4-15(9-13)20(24)21-11-19(23)27-12-16(22)14-5-6-17-18(10-14)26-8-7-25-17/h2-6,9-10H,7-8,11-12H2,1H3,(H,21,24). The number of amides is 1. The van der Waals surface area contributed by atoms with Gasteiger partial charge < -0.3 is 19.5 Å². The van der Waals surface area contributed by atoms with Gasteiger partial charge in [0.15, 0.2) is 23.9 Å². The molecule has 7 heteroatoms. The van der Waals surface area contributed by atoms with Crippen molar-refractivity contribution in [1.29, 1.82) is 0 Å². The lowest BCUT2D eigenvalue weighted by molar-refractivity contribution is -0.141. The summed E-state index contributed by atoms with van der Waals surface area (Å²) < 4.78 is 15.8. The van der Waals surface area contributed by atoms with Gasteiger partial charge in [0.2, 0.25) is 0 Å². The lowest BCUT2D eigenvalue weighted by Gasteiger charge is -2.18. The zero-order chi connectivity index (χ0) is 19.2. The summed E-state index contributed by atoms with van der Waals surface area (Å²) in [6.45, 7) is 2.01. The Hall–Kier alpha value is -3.35. The number of rotatable bonds is 6. The highest BCUT2D eigenvalue weighted by Crippen LogP contribution is 2.30. The van der Waals surface area contributed by atoms with E-state index in [-0.39, 0.29) is 18.2 Å². The minimum absolute atomic E-state index is 0.318. The van der Waals surface area contributed by atoms with Crippen LogP contribution in [0.1, 0.15) is 26.3 Å². The van der Waals surface area contributed by atoms with Crippen LogP contribution >= 0.6 is 0 Å². The molecular weight excluding hydrogens is 350 g/mol. The summed E-state index contributed by atoms with van der Waals surface area (Å²) in [6.07, 6.45) is 0. The molecule has 0 atom stereocenters. The molecule has 3 rings (SSSR count). The number of nitrogens with one attached hydrogen (secondary N) is 1. The molecule has 27 heavy (non-hydrogen) atoms. The Morgan fingerprint density at radius 1 is 1.00 bits per heavy atom. The van der Waals surface area contributed by atoms with Crippen molar-refractivity contribution in [2.24, 2.45) is 0 Å². The third-order valence-corrected chi connectivity index (χ3v) is 3.90. The van der Waals surface area contributed by atoms with E-state index in [1.54, 1.807) is 36.4 Å². The van der Waals surface area contributed by atoms with Gasteiger partial charge in [0.1, 0.15) is 19.8 Å². The highest BCUT2D eigenvalue weighted by Gasteiger charge is 2.16. The third-order valence-electron chi connectivity index (χ3n) is 3.90. The SMILES string of the molecule is Cc1cccc(C(=O)NCC(=O)OCC(=O)c2ccc3c(c2)OCCO3)c1. The average molecular weight is 369 g/mol. The number of benzene rings is 2. The maximum absolute atomic E-state index is 12.2. The van der Waals surface area contributed by atoms with Gasteiger partial charge in [-0.3, -0.25) is 14.4 Å². The molecule has 140 valence electrons. The van der Waals surface area contributed by atoms with Gasteiger partial charge in [0.05, 0.1) is 0 Å². The van der Waals surface area contributed by atoms with Gasteiger partial charge in [-0.25, -0.2) is 0 Å². The van der Waals surface area contributed by atoms with Crippen molar-refractivity contribution in [3.8, 4) is 11.5 Å². The first-order valence-corrected chi connectivity index (χ1v) is 8.46. The van der Waals surface area contributed by atoms with E-state index >= 15 is 0 Å². The zero-order valence-electron chi connectivity index (χ0n) is 14.8. The third kappa shape index (κ3) is 4.84. The fourth-order valence-electron chi connectivity index (χ4n) is 2.54. The number of carbonyl (C=O) groups is 3. The van der Waals surface area contributed by atoms with Crippen molar-refractivity contribution in [3.05, 3.63) is 59.2 Å². The lowest BCUT2D eigenvalue weighted by Crippen LogP contribution is -2.31. The Morgan fingerprint density at radius 3 is 2.56 bits per heavy atom. The topological polar surface area (TPSA) is 90.9 Å². The largest absolute Gasteiger partial charge is 0.486 e. The molecule has 0 bridgehead atoms. The van der Waals surface area contributed by atoms with E-state index in [0.717, 1.165) is 5.56 Å². The van der Waals surface area contributed by atoms with E-state index in [1.807, 2.05) is 13.0 Å². The Balaban J connectivity index is 1.47. The molecule has 0 saturated carbocycles. The molecule has 1 aliphatic heterocycles. The molecule has 7 nitrogen and oxygen atoms in total. The number of aryl methyl sites for hydroxylation is 1. The summed E-state index contributed by atoms with van der Waals surface area (Å²) in [7, 11) is 0. The first kappa shape index (κ1) is 18.4. The maximum Gasteiger partial charge on any atom is 0.325 e. The summed E-state index contributed by atoms with van der Waals surface area (Å²) in [4.78, 5) is 35.9.